The lowest BCUT2D eigenvalue weighted by molar-refractivity contribution is -0.132. The minimum atomic E-state index is -0.234. The highest BCUT2D eigenvalue weighted by Gasteiger charge is 2.25. The van der Waals surface area contributed by atoms with Crippen molar-refractivity contribution in [3.8, 4) is 0 Å². The molecule has 0 radical (unpaired) electrons. The van der Waals surface area contributed by atoms with Gasteiger partial charge in [-0.05, 0) is 37.0 Å². The molecule has 1 aromatic carbocycles. The Kier molecular flexibility index (Phi) is 5.70. The molecule has 1 aliphatic heterocycles. The minimum absolute atomic E-state index is 0.0118. The summed E-state index contributed by atoms with van der Waals surface area (Å²) < 4.78 is 0. The number of piperidine rings is 1. The van der Waals surface area contributed by atoms with Crippen LogP contribution >= 0.6 is 23.2 Å². The third-order valence-corrected chi connectivity index (χ3v) is 4.44. The number of carbonyl (C=O) groups excluding carboxylic acids is 2. The average Bonchev–Trinajstić information content (AvgIpc) is 2.47. The van der Waals surface area contributed by atoms with Crippen LogP contribution in [-0.4, -0.2) is 36.3 Å². The monoisotopic (exact) mass is 342 g/mol. The van der Waals surface area contributed by atoms with Crippen molar-refractivity contribution < 1.29 is 9.59 Å². The largest absolute Gasteiger partial charge is 0.341 e. The summed E-state index contributed by atoms with van der Waals surface area (Å²) in [5.41, 5.74) is 0.472. The number of nitrogens with zero attached hydrogens (tertiary/aromatic N) is 2. The quantitative estimate of drug-likeness (QED) is 0.841. The summed E-state index contributed by atoms with van der Waals surface area (Å²) in [6.07, 6.45) is 2.14. The standard InChI is InChI=1S/C16H20Cl2N2O2/c1-11-4-3-7-19(9-11)16(22)10-20(12(2)21)15-8-13(17)5-6-14(15)18/h5-6,8,11H,3-4,7,9-10H2,1-2H3. The van der Waals surface area contributed by atoms with Crippen LogP contribution in [0.4, 0.5) is 5.69 Å². The van der Waals surface area contributed by atoms with Gasteiger partial charge in [0.15, 0.2) is 0 Å². The molecule has 4 nitrogen and oxygen atoms in total. The van der Waals surface area contributed by atoms with Crippen LogP contribution in [0.1, 0.15) is 26.7 Å². The first kappa shape index (κ1) is 17.1. The Balaban J connectivity index is 2.17. The van der Waals surface area contributed by atoms with Crippen LogP contribution in [0.2, 0.25) is 10.0 Å². The third-order valence-electron chi connectivity index (χ3n) is 3.88. The van der Waals surface area contributed by atoms with Crippen LogP contribution in [0.25, 0.3) is 0 Å². The lowest BCUT2D eigenvalue weighted by Crippen LogP contribution is -2.46. The molecule has 1 heterocycles. The van der Waals surface area contributed by atoms with E-state index in [1.807, 2.05) is 4.90 Å². The van der Waals surface area contributed by atoms with Crippen molar-refractivity contribution in [2.45, 2.75) is 26.7 Å². The maximum atomic E-state index is 12.5. The zero-order chi connectivity index (χ0) is 16.3. The molecule has 0 spiro atoms. The Hall–Kier alpha value is -1.26. The summed E-state index contributed by atoms with van der Waals surface area (Å²) in [7, 11) is 0. The van der Waals surface area contributed by atoms with E-state index in [0.29, 0.717) is 21.7 Å². The van der Waals surface area contributed by atoms with Gasteiger partial charge in [0, 0.05) is 25.0 Å². The van der Waals surface area contributed by atoms with Crippen molar-refractivity contribution in [2.24, 2.45) is 5.92 Å². The van der Waals surface area contributed by atoms with Crippen molar-refractivity contribution in [3.05, 3.63) is 28.2 Å². The molecule has 1 aliphatic rings. The van der Waals surface area contributed by atoms with Crippen molar-refractivity contribution >= 4 is 40.7 Å². The predicted octanol–water partition coefficient (Wildman–Crippen LogP) is 3.60. The first-order valence-electron chi connectivity index (χ1n) is 7.39. The molecule has 0 saturated carbocycles. The van der Waals surface area contributed by atoms with Crippen molar-refractivity contribution in [2.75, 3.05) is 24.5 Å². The molecule has 22 heavy (non-hydrogen) atoms. The fourth-order valence-electron chi connectivity index (χ4n) is 2.71. The zero-order valence-corrected chi connectivity index (χ0v) is 14.3. The van der Waals surface area contributed by atoms with Crippen molar-refractivity contribution in [3.63, 3.8) is 0 Å². The van der Waals surface area contributed by atoms with E-state index in [9.17, 15) is 9.59 Å². The molecular weight excluding hydrogens is 323 g/mol. The summed E-state index contributed by atoms with van der Waals surface area (Å²) in [5, 5.41) is 0.879. The number of halogens is 2. The number of rotatable bonds is 3. The molecule has 6 heteroatoms. The number of amides is 2. The molecule has 1 fully saturated rings. The summed E-state index contributed by atoms with van der Waals surface area (Å²) in [6.45, 7) is 5.04. The normalized spacial score (nSPS) is 18.2. The van der Waals surface area contributed by atoms with Gasteiger partial charge in [0.2, 0.25) is 11.8 Å². The second kappa shape index (κ2) is 7.34. The summed E-state index contributed by atoms with van der Waals surface area (Å²) in [4.78, 5) is 27.6. The molecule has 0 aromatic heterocycles. The number of benzene rings is 1. The molecule has 1 aromatic rings. The van der Waals surface area contributed by atoms with Crippen LogP contribution < -0.4 is 4.90 Å². The Bertz CT molecular complexity index is 577. The van der Waals surface area contributed by atoms with Gasteiger partial charge in [0.25, 0.3) is 0 Å². The Labute approximate surface area is 141 Å². The van der Waals surface area contributed by atoms with E-state index in [1.165, 1.54) is 11.8 Å². The highest BCUT2D eigenvalue weighted by Crippen LogP contribution is 2.29. The van der Waals surface area contributed by atoms with Gasteiger partial charge in [-0.3, -0.25) is 9.59 Å². The summed E-state index contributed by atoms with van der Waals surface area (Å²) in [6, 6.07) is 4.89. The summed E-state index contributed by atoms with van der Waals surface area (Å²) in [5.74, 6) is 0.207. The number of anilines is 1. The highest BCUT2D eigenvalue weighted by atomic mass is 35.5. The Morgan fingerprint density at radius 3 is 2.73 bits per heavy atom. The summed E-state index contributed by atoms with van der Waals surface area (Å²) >= 11 is 12.1. The van der Waals surface area contributed by atoms with Crippen LogP contribution in [0.3, 0.4) is 0 Å². The molecule has 0 aliphatic carbocycles. The van der Waals surface area contributed by atoms with Crippen LogP contribution in [0.15, 0.2) is 18.2 Å². The third kappa shape index (κ3) is 4.14. The lowest BCUT2D eigenvalue weighted by Gasteiger charge is -2.33. The predicted molar refractivity (Wildman–Crippen MR) is 89.5 cm³/mol. The first-order chi connectivity index (χ1) is 10.4. The van der Waals surface area contributed by atoms with Gasteiger partial charge in [0.05, 0.1) is 10.7 Å². The van der Waals surface area contributed by atoms with Gasteiger partial charge >= 0.3 is 0 Å². The fourth-order valence-corrected chi connectivity index (χ4v) is 3.10. The lowest BCUT2D eigenvalue weighted by atomic mass is 10.0. The van der Waals surface area contributed by atoms with E-state index >= 15 is 0 Å². The molecule has 0 N–H and O–H groups in total. The van der Waals surface area contributed by atoms with Crippen LogP contribution in [0, 0.1) is 5.92 Å². The molecule has 1 saturated heterocycles. The maximum Gasteiger partial charge on any atom is 0.242 e. The van der Waals surface area contributed by atoms with Crippen LogP contribution in [0.5, 0.6) is 0 Å². The molecular formula is C16H20Cl2N2O2. The minimum Gasteiger partial charge on any atom is -0.341 e. The number of carbonyl (C=O) groups is 2. The van der Waals surface area contributed by atoms with E-state index in [4.69, 9.17) is 23.2 Å². The maximum absolute atomic E-state index is 12.5. The van der Waals surface area contributed by atoms with Gasteiger partial charge in [-0.2, -0.15) is 0 Å². The fraction of sp³-hybridized carbons (Fsp3) is 0.500. The van der Waals surface area contributed by atoms with Gasteiger partial charge in [-0.25, -0.2) is 0 Å². The number of likely N-dealkylation sites (tertiary alicyclic amines) is 1. The Morgan fingerprint density at radius 1 is 1.36 bits per heavy atom. The Morgan fingerprint density at radius 2 is 2.09 bits per heavy atom. The van der Waals surface area contributed by atoms with Gasteiger partial charge in [0.1, 0.15) is 6.54 Å². The number of hydrogen-bond donors (Lipinski definition) is 0. The van der Waals surface area contributed by atoms with Gasteiger partial charge in [-0.1, -0.05) is 30.1 Å². The molecule has 1 unspecified atom stereocenters. The first-order valence-corrected chi connectivity index (χ1v) is 8.15. The second-order valence-electron chi connectivity index (χ2n) is 5.79. The number of hydrogen-bond acceptors (Lipinski definition) is 2. The SMILES string of the molecule is CC(=O)N(CC(=O)N1CCCC(C)C1)c1cc(Cl)ccc1Cl. The molecule has 0 bridgehead atoms. The van der Waals surface area contributed by atoms with Crippen molar-refractivity contribution in [1.82, 2.24) is 4.90 Å². The van der Waals surface area contributed by atoms with E-state index in [-0.39, 0.29) is 18.4 Å². The smallest absolute Gasteiger partial charge is 0.242 e. The van der Waals surface area contributed by atoms with E-state index in [1.54, 1.807) is 18.2 Å². The van der Waals surface area contributed by atoms with Gasteiger partial charge < -0.3 is 9.80 Å². The van der Waals surface area contributed by atoms with Crippen LogP contribution in [-0.2, 0) is 9.59 Å². The van der Waals surface area contributed by atoms with E-state index in [0.717, 1.165) is 25.9 Å². The topological polar surface area (TPSA) is 40.6 Å². The molecule has 120 valence electrons. The molecule has 1 atom stereocenters. The molecule has 2 rings (SSSR count). The zero-order valence-electron chi connectivity index (χ0n) is 12.8. The van der Waals surface area contributed by atoms with Gasteiger partial charge in [-0.15, -0.1) is 0 Å². The average molecular weight is 343 g/mol. The van der Waals surface area contributed by atoms with E-state index in [2.05, 4.69) is 6.92 Å². The van der Waals surface area contributed by atoms with Crippen molar-refractivity contribution in [1.29, 1.82) is 0 Å². The van der Waals surface area contributed by atoms with E-state index < -0.39 is 0 Å². The second-order valence-corrected chi connectivity index (χ2v) is 6.63. The molecule has 2 amide bonds. The highest BCUT2D eigenvalue weighted by molar-refractivity contribution is 6.35.